The lowest BCUT2D eigenvalue weighted by Crippen LogP contribution is -2.48. The van der Waals surface area contributed by atoms with Crippen molar-refractivity contribution in [3.05, 3.63) is 15.8 Å². The molecule has 10 heteroatoms. The monoisotopic (exact) mass is 294 g/mol. The number of carbonyl (C=O) groups is 2. The molecular weight excluding hydrogens is 280 g/mol. The number of piperidine rings is 1. The number of hydrogen-bond acceptors (Lipinski definition) is 8. The number of imide groups is 1. The topological polar surface area (TPSA) is 144 Å². The fourth-order valence-corrected chi connectivity index (χ4v) is 2.12. The van der Waals surface area contributed by atoms with Gasteiger partial charge in [0.1, 0.15) is 11.7 Å². The third-order valence-corrected chi connectivity index (χ3v) is 3.22. The lowest BCUT2D eigenvalue weighted by atomic mass is 10.0. The Morgan fingerprint density at radius 3 is 2.71 bits per heavy atom. The summed E-state index contributed by atoms with van der Waals surface area (Å²) in [5, 5.41) is 13.8. The van der Waals surface area contributed by atoms with Crippen LogP contribution in [-0.4, -0.2) is 44.7 Å². The van der Waals surface area contributed by atoms with Gasteiger partial charge in [0.05, 0.1) is 4.92 Å². The van der Waals surface area contributed by atoms with Crippen LogP contribution in [-0.2, 0) is 9.59 Å². The molecule has 0 aromatic carbocycles. The lowest BCUT2D eigenvalue weighted by Gasteiger charge is -2.28. The van der Waals surface area contributed by atoms with E-state index in [4.69, 9.17) is 5.73 Å². The SMILES string of the molecule is Cc1nc(N)nc(NC2CCC(=O)N(C)C2=O)c1[N+](=O)[O-]. The number of likely N-dealkylation sites (N-methyl/N-ethyl adjacent to an activating group) is 1. The molecule has 1 saturated heterocycles. The van der Waals surface area contributed by atoms with Gasteiger partial charge in [0.25, 0.3) is 5.91 Å². The Kier molecular flexibility index (Phi) is 3.70. The van der Waals surface area contributed by atoms with E-state index in [0.717, 1.165) is 4.90 Å². The number of carbonyl (C=O) groups excluding carboxylic acids is 2. The normalized spacial score (nSPS) is 18.8. The summed E-state index contributed by atoms with van der Waals surface area (Å²) in [6.45, 7) is 1.43. The third kappa shape index (κ3) is 2.73. The fraction of sp³-hybridized carbons (Fsp3) is 0.455. The highest BCUT2D eigenvalue weighted by Crippen LogP contribution is 2.27. The van der Waals surface area contributed by atoms with Gasteiger partial charge in [-0.2, -0.15) is 4.98 Å². The largest absolute Gasteiger partial charge is 0.368 e. The van der Waals surface area contributed by atoms with E-state index in [-0.39, 0.29) is 41.9 Å². The number of rotatable bonds is 3. The molecule has 2 rings (SSSR count). The number of nitrogens with two attached hydrogens (primary N) is 1. The zero-order chi connectivity index (χ0) is 15.7. The summed E-state index contributed by atoms with van der Waals surface area (Å²) >= 11 is 0. The van der Waals surface area contributed by atoms with Crippen molar-refractivity contribution in [1.82, 2.24) is 14.9 Å². The second kappa shape index (κ2) is 5.31. The summed E-state index contributed by atoms with van der Waals surface area (Å²) in [5.41, 5.74) is 5.25. The maximum atomic E-state index is 12.0. The van der Waals surface area contributed by atoms with Gasteiger partial charge in [-0.1, -0.05) is 0 Å². The average Bonchev–Trinajstić information content (AvgIpc) is 2.38. The molecule has 2 amide bonds. The first-order chi connectivity index (χ1) is 9.81. The minimum atomic E-state index is -0.764. The smallest absolute Gasteiger partial charge is 0.332 e. The molecule has 1 fully saturated rings. The van der Waals surface area contributed by atoms with Crippen molar-refractivity contribution in [2.45, 2.75) is 25.8 Å². The number of anilines is 2. The molecule has 1 aliphatic rings. The van der Waals surface area contributed by atoms with Gasteiger partial charge in [-0.25, -0.2) is 4.98 Å². The van der Waals surface area contributed by atoms with Gasteiger partial charge in [0, 0.05) is 13.5 Å². The van der Waals surface area contributed by atoms with Crippen LogP contribution in [0.3, 0.4) is 0 Å². The van der Waals surface area contributed by atoms with E-state index < -0.39 is 16.9 Å². The van der Waals surface area contributed by atoms with Gasteiger partial charge in [0.2, 0.25) is 17.7 Å². The molecule has 2 heterocycles. The first-order valence-corrected chi connectivity index (χ1v) is 6.16. The molecule has 1 atom stereocenters. The summed E-state index contributed by atoms with van der Waals surface area (Å²) in [6, 6.07) is -0.764. The molecule has 0 spiro atoms. The van der Waals surface area contributed by atoms with Gasteiger partial charge in [0.15, 0.2) is 0 Å². The van der Waals surface area contributed by atoms with E-state index in [1.165, 1.54) is 14.0 Å². The number of amides is 2. The van der Waals surface area contributed by atoms with Gasteiger partial charge in [-0.05, 0) is 13.3 Å². The zero-order valence-corrected chi connectivity index (χ0v) is 11.5. The molecule has 0 aliphatic carbocycles. The van der Waals surface area contributed by atoms with Crippen LogP contribution < -0.4 is 11.1 Å². The van der Waals surface area contributed by atoms with Crippen molar-refractivity contribution in [1.29, 1.82) is 0 Å². The van der Waals surface area contributed by atoms with E-state index >= 15 is 0 Å². The molecule has 1 aromatic rings. The highest BCUT2D eigenvalue weighted by molar-refractivity contribution is 6.01. The summed E-state index contributed by atoms with van der Waals surface area (Å²) < 4.78 is 0. The van der Waals surface area contributed by atoms with Crippen LogP contribution in [0.25, 0.3) is 0 Å². The Hall–Kier alpha value is -2.78. The van der Waals surface area contributed by atoms with Gasteiger partial charge in [-0.15, -0.1) is 0 Å². The lowest BCUT2D eigenvalue weighted by molar-refractivity contribution is -0.385. The molecule has 112 valence electrons. The number of aromatic nitrogens is 2. The standard InChI is InChI=1S/C11H14N6O4/c1-5-8(17(20)21)9(15-11(12)13-5)14-6-3-4-7(18)16(2)10(6)19/h6H,3-4H2,1-2H3,(H3,12,13,14,15). The van der Waals surface area contributed by atoms with Crippen LogP contribution in [0.15, 0.2) is 0 Å². The molecule has 1 aromatic heterocycles. The molecular formula is C11H14N6O4. The summed E-state index contributed by atoms with van der Waals surface area (Å²) in [5.74, 6) is -0.999. The Morgan fingerprint density at radius 2 is 2.10 bits per heavy atom. The van der Waals surface area contributed by atoms with E-state index in [2.05, 4.69) is 15.3 Å². The Labute approximate surface area is 119 Å². The van der Waals surface area contributed by atoms with Crippen LogP contribution >= 0.6 is 0 Å². The van der Waals surface area contributed by atoms with Crippen molar-refractivity contribution >= 4 is 29.3 Å². The Balaban J connectivity index is 2.33. The number of nitrogens with zero attached hydrogens (tertiary/aromatic N) is 4. The summed E-state index contributed by atoms with van der Waals surface area (Å²) in [6.07, 6.45) is 0.412. The van der Waals surface area contributed by atoms with Crippen LogP contribution in [0.2, 0.25) is 0 Å². The predicted octanol–water partition coefficient (Wildman–Crippen LogP) is -0.165. The molecule has 3 N–H and O–H groups in total. The van der Waals surface area contributed by atoms with Crippen LogP contribution in [0.4, 0.5) is 17.5 Å². The van der Waals surface area contributed by atoms with E-state index in [1.807, 2.05) is 0 Å². The molecule has 0 radical (unpaired) electrons. The summed E-state index contributed by atoms with van der Waals surface area (Å²) in [7, 11) is 1.37. The van der Waals surface area contributed by atoms with Crippen LogP contribution in [0.1, 0.15) is 18.5 Å². The number of nitro groups is 1. The Bertz CT molecular complexity index is 631. The zero-order valence-electron chi connectivity index (χ0n) is 11.5. The molecule has 1 unspecified atom stereocenters. The van der Waals surface area contributed by atoms with Crippen molar-refractivity contribution in [2.24, 2.45) is 0 Å². The van der Waals surface area contributed by atoms with Crippen molar-refractivity contribution in [3.63, 3.8) is 0 Å². The second-order valence-corrected chi connectivity index (χ2v) is 4.65. The minimum Gasteiger partial charge on any atom is -0.368 e. The molecule has 10 nitrogen and oxygen atoms in total. The quantitative estimate of drug-likeness (QED) is 0.444. The maximum Gasteiger partial charge on any atom is 0.332 e. The van der Waals surface area contributed by atoms with Crippen molar-refractivity contribution < 1.29 is 14.5 Å². The van der Waals surface area contributed by atoms with Gasteiger partial charge < -0.3 is 11.1 Å². The van der Waals surface area contributed by atoms with Gasteiger partial charge >= 0.3 is 5.69 Å². The number of hydrogen-bond donors (Lipinski definition) is 2. The highest BCUT2D eigenvalue weighted by Gasteiger charge is 2.34. The molecule has 0 saturated carbocycles. The van der Waals surface area contributed by atoms with Gasteiger partial charge in [-0.3, -0.25) is 24.6 Å². The average molecular weight is 294 g/mol. The molecule has 0 bridgehead atoms. The first kappa shape index (κ1) is 14.6. The summed E-state index contributed by atoms with van der Waals surface area (Å²) in [4.78, 5) is 42.4. The third-order valence-electron chi connectivity index (χ3n) is 3.22. The van der Waals surface area contributed by atoms with Crippen molar-refractivity contribution in [3.8, 4) is 0 Å². The number of nitrogen functional groups attached to an aromatic ring is 1. The van der Waals surface area contributed by atoms with E-state index in [0.29, 0.717) is 0 Å². The number of aryl methyl sites for hydroxylation is 1. The minimum absolute atomic E-state index is 0.0997. The number of nitrogens with one attached hydrogen (secondary N) is 1. The molecule has 1 aliphatic heterocycles. The fourth-order valence-electron chi connectivity index (χ4n) is 2.12. The Morgan fingerprint density at radius 1 is 1.43 bits per heavy atom. The predicted molar refractivity (Wildman–Crippen MR) is 72.3 cm³/mol. The van der Waals surface area contributed by atoms with Crippen LogP contribution in [0.5, 0.6) is 0 Å². The second-order valence-electron chi connectivity index (χ2n) is 4.65. The highest BCUT2D eigenvalue weighted by atomic mass is 16.6. The van der Waals surface area contributed by atoms with E-state index in [1.54, 1.807) is 0 Å². The number of likely N-dealkylation sites (tertiary alicyclic amines) is 1. The first-order valence-electron chi connectivity index (χ1n) is 6.16. The maximum absolute atomic E-state index is 12.0. The van der Waals surface area contributed by atoms with Crippen LogP contribution in [0, 0.1) is 17.0 Å². The molecule has 21 heavy (non-hydrogen) atoms. The van der Waals surface area contributed by atoms with E-state index in [9.17, 15) is 19.7 Å². The van der Waals surface area contributed by atoms with Crippen molar-refractivity contribution in [2.75, 3.05) is 18.1 Å².